The summed E-state index contributed by atoms with van der Waals surface area (Å²) in [6.07, 6.45) is 2.98. The number of aliphatic hydroxyl groups is 1. The second-order valence-corrected chi connectivity index (χ2v) is 4.89. The van der Waals surface area contributed by atoms with E-state index >= 15 is 0 Å². The maximum Gasteiger partial charge on any atom is 0.119 e. The number of ether oxygens (including phenoxy) is 1. The van der Waals surface area contributed by atoms with Crippen molar-refractivity contribution in [1.82, 2.24) is 4.57 Å². The van der Waals surface area contributed by atoms with E-state index in [1.807, 2.05) is 6.07 Å². The molecule has 1 aromatic carbocycles. The number of benzene rings is 1. The Balaban J connectivity index is 2.53. The summed E-state index contributed by atoms with van der Waals surface area (Å²) in [7, 11) is 1.69. The van der Waals surface area contributed by atoms with Crippen LogP contribution in [0.5, 0.6) is 5.75 Å². The number of aliphatic hydroxyl groups excluding tert-OH is 1. The molecule has 1 aromatic heterocycles. The van der Waals surface area contributed by atoms with Crippen LogP contribution in [0.3, 0.4) is 0 Å². The van der Waals surface area contributed by atoms with E-state index in [0.29, 0.717) is 5.92 Å². The lowest BCUT2D eigenvalue weighted by atomic mass is 10.0. The van der Waals surface area contributed by atoms with Gasteiger partial charge in [0.1, 0.15) is 5.75 Å². The topological polar surface area (TPSA) is 34.4 Å². The number of rotatable bonds is 5. The number of methoxy groups -OCH3 is 1. The minimum Gasteiger partial charge on any atom is -0.497 e. The molecule has 3 nitrogen and oxygen atoms in total. The van der Waals surface area contributed by atoms with Crippen LogP contribution in [0.25, 0.3) is 10.9 Å². The lowest BCUT2D eigenvalue weighted by Gasteiger charge is -2.05. The molecule has 2 aromatic rings. The van der Waals surface area contributed by atoms with Gasteiger partial charge < -0.3 is 14.4 Å². The molecular weight excluding hydrogens is 226 g/mol. The zero-order valence-corrected chi connectivity index (χ0v) is 11.3. The Morgan fingerprint density at radius 3 is 2.72 bits per heavy atom. The lowest BCUT2D eigenvalue weighted by Crippen LogP contribution is -1.98. The summed E-state index contributed by atoms with van der Waals surface area (Å²) >= 11 is 0. The predicted octanol–water partition coefficient (Wildman–Crippen LogP) is 3.16. The van der Waals surface area contributed by atoms with E-state index in [9.17, 15) is 0 Å². The molecule has 0 unspecified atom stereocenters. The van der Waals surface area contributed by atoms with Crippen LogP contribution in [-0.2, 0) is 6.54 Å². The van der Waals surface area contributed by atoms with Gasteiger partial charge in [-0.1, -0.05) is 13.8 Å². The highest BCUT2D eigenvalue weighted by molar-refractivity contribution is 5.86. The maximum atomic E-state index is 8.96. The van der Waals surface area contributed by atoms with Gasteiger partial charge in [-0.25, -0.2) is 0 Å². The van der Waals surface area contributed by atoms with Crippen LogP contribution in [0.4, 0.5) is 0 Å². The predicted molar refractivity (Wildman–Crippen MR) is 74.3 cm³/mol. The summed E-state index contributed by atoms with van der Waals surface area (Å²) in [6, 6.07) is 6.18. The molecule has 0 bridgehead atoms. The van der Waals surface area contributed by atoms with E-state index in [1.165, 1.54) is 16.5 Å². The third-order valence-corrected chi connectivity index (χ3v) is 3.30. The van der Waals surface area contributed by atoms with Crippen LogP contribution in [0.1, 0.15) is 31.7 Å². The molecular formula is C15H21NO2. The zero-order valence-electron chi connectivity index (χ0n) is 11.3. The average molecular weight is 247 g/mol. The van der Waals surface area contributed by atoms with Gasteiger partial charge in [-0.15, -0.1) is 0 Å². The average Bonchev–Trinajstić information content (AvgIpc) is 2.74. The van der Waals surface area contributed by atoms with Crippen molar-refractivity contribution in [2.24, 2.45) is 0 Å². The van der Waals surface area contributed by atoms with Gasteiger partial charge in [0.05, 0.1) is 7.11 Å². The van der Waals surface area contributed by atoms with Crippen molar-refractivity contribution in [3.8, 4) is 5.75 Å². The van der Waals surface area contributed by atoms with Gasteiger partial charge in [-0.05, 0) is 36.1 Å². The molecule has 2 rings (SSSR count). The van der Waals surface area contributed by atoms with E-state index in [0.717, 1.165) is 18.7 Å². The highest BCUT2D eigenvalue weighted by atomic mass is 16.5. The van der Waals surface area contributed by atoms with Gasteiger partial charge in [-0.2, -0.15) is 0 Å². The molecule has 0 aliphatic carbocycles. The Morgan fingerprint density at radius 2 is 2.11 bits per heavy atom. The van der Waals surface area contributed by atoms with Crippen LogP contribution in [-0.4, -0.2) is 23.4 Å². The highest BCUT2D eigenvalue weighted by Crippen LogP contribution is 2.30. The molecule has 0 radical (unpaired) electrons. The van der Waals surface area contributed by atoms with Gasteiger partial charge in [-0.3, -0.25) is 0 Å². The summed E-state index contributed by atoms with van der Waals surface area (Å²) in [4.78, 5) is 0. The first-order valence-electron chi connectivity index (χ1n) is 6.45. The molecule has 0 saturated heterocycles. The van der Waals surface area contributed by atoms with Crippen molar-refractivity contribution in [2.45, 2.75) is 32.7 Å². The molecule has 0 saturated carbocycles. The fraction of sp³-hybridized carbons (Fsp3) is 0.467. The van der Waals surface area contributed by atoms with Crippen molar-refractivity contribution in [2.75, 3.05) is 13.7 Å². The molecule has 98 valence electrons. The Bertz CT molecular complexity index is 529. The fourth-order valence-electron chi connectivity index (χ4n) is 2.32. The highest BCUT2D eigenvalue weighted by Gasteiger charge is 2.11. The monoisotopic (exact) mass is 247 g/mol. The Kier molecular flexibility index (Phi) is 3.92. The molecule has 0 spiro atoms. The summed E-state index contributed by atoms with van der Waals surface area (Å²) in [5.74, 6) is 1.37. The second kappa shape index (κ2) is 5.44. The van der Waals surface area contributed by atoms with E-state index in [1.54, 1.807) is 7.11 Å². The van der Waals surface area contributed by atoms with Gasteiger partial charge in [0.25, 0.3) is 0 Å². The van der Waals surface area contributed by atoms with Crippen molar-refractivity contribution in [3.63, 3.8) is 0 Å². The van der Waals surface area contributed by atoms with Crippen LogP contribution in [0, 0.1) is 0 Å². The van der Waals surface area contributed by atoms with Crippen molar-refractivity contribution < 1.29 is 9.84 Å². The molecule has 0 amide bonds. The zero-order chi connectivity index (χ0) is 13.1. The minimum absolute atomic E-state index is 0.229. The summed E-state index contributed by atoms with van der Waals surface area (Å²) in [6.45, 7) is 5.48. The fourth-order valence-corrected chi connectivity index (χ4v) is 2.32. The first-order valence-corrected chi connectivity index (χ1v) is 6.45. The number of hydrogen-bond acceptors (Lipinski definition) is 2. The van der Waals surface area contributed by atoms with E-state index in [4.69, 9.17) is 9.84 Å². The molecule has 3 heteroatoms. The molecule has 1 N–H and O–H groups in total. The molecule has 18 heavy (non-hydrogen) atoms. The second-order valence-electron chi connectivity index (χ2n) is 4.89. The van der Waals surface area contributed by atoms with Crippen molar-refractivity contribution >= 4 is 10.9 Å². The minimum atomic E-state index is 0.229. The van der Waals surface area contributed by atoms with Crippen LogP contribution in [0.2, 0.25) is 0 Å². The number of fused-ring (bicyclic) bond motifs is 1. The normalized spacial score (nSPS) is 11.4. The maximum absolute atomic E-state index is 8.96. The number of aryl methyl sites for hydroxylation is 1. The van der Waals surface area contributed by atoms with Gasteiger partial charge >= 0.3 is 0 Å². The van der Waals surface area contributed by atoms with E-state index in [-0.39, 0.29) is 6.61 Å². The Morgan fingerprint density at radius 1 is 1.33 bits per heavy atom. The summed E-state index contributed by atoms with van der Waals surface area (Å²) < 4.78 is 7.52. The molecule has 0 aliphatic heterocycles. The molecule has 1 heterocycles. The number of aromatic nitrogens is 1. The van der Waals surface area contributed by atoms with Crippen molar-refractivity contribution in [1.29, 1.82) is 0 Å². The Hall–Kier alpha value is -1.48. The smallest absolute Gasteiger partial charge is 0.119 e. The lowest BCUT2D eigenvalue weighted by molar-refractivity contribution is 0.280. The Labute approximate surface area is 108 Å². The number of hydrogen-bond donors (Lipinski definition) is 1. The summed E-state index contributed by atoms with van der Waals surface area (Å²) in [5.41, 5.74) is 2.55. The van der Waals surface area contributed by atoms with Crippen molar-refractivity contribution in [3.05, 3.63) is 30.0 Å². The number of nitrogens with zero attached hydrogens (tertiary/aromatic N) is 1. The standard InChI is InChI=1S/C15H21NO2/c1-11(2)14-10-16(7-4-8-17)15-6-5-12(18-3)9-13(14)15/h5-6,9-11,17H,4,7-8H2,1-3H3. The first-order chi connectivity index (χ1) is 8.67. The molecule has 0 aliphatic rings. The van der Waals surface area contributed by atoms with Crippen LogP contribution in [0.15, 0.2) is 24.4 Å². The van der Waals surface area contributed by atoms with Gasteiger partial charge in [0.15, 0.2) is 0 Å². The van der Waals surface area contributed by atoms with E-state index in [2.05, 4.69) is 36.7 Å². The van der Waals surface area contributed by atoms with Gasteiger partial charge in [0.2, 0.25) is 0 Å². The first kappa shape index (κ1) is 13.0. The largest absolute Gasteiger partial charge is 0.497 e. The quantitative estimate of drug-likeness (QED) is 0.880. The van der Waals surface area contributed by atoms with Crippen LogP contribution >= 0.6 is 0 Å². The van der Waals surface area contributed by atoms with E-state index < -0.39 is 0 Å². The van der Waals surface area contributed by atoms with Gasteiger partial charge in [0, 0.05) is 30.3 Å². The van der Waals surface area contributed by atoms with Crippen LogP contribution < -0.4 is 4.74 Å². The molecule has 0 atom stereocenters. The molecule has 0 fully saturated rings. The summed E-state index contributed by atoms with van der Waals surface area (Å²) in [5, 5.41) is 10.2. The third kappa shape index (κ3) is 2.36. The third-order valence-electron chi connectivity index (χ3n) is 3.30. The SMILES string of the molecule is COc1ccc2c(c1)c(C(C)C)cn2CCCO.